The van der Waals surface area contributed by atoms with Crippen molar-refractivity contribution in [1.82, 2.24) is 14.0 Å². The van der Waals surface area contributed by atoms with Crippen LogP contribution in [0.1, 0.15) is 52.2 Å². The van der Waals surface area contributed by atoms with Crippen LogP contribution in [0.5, 0.6) is 0 Å². The van der Waals surface area contributed by atoms with Gasteiger partial charge >= 0.3 is 0 Å². The number of hydrogen-bond acceptors (Lipinski definition) is 3. The zero-order valence-corrected chi connectivity index (χ0v) is 20.3. The second kappa shape index (κ2) is 10.7. The summed E-state index contributed by atoms with van der Waals surface area (Å²) in [5.74, 6) is -0.0381. The molecule has 1 aliphatic heterocycles. The maximum atomic E-state index is 12.9. The molecule has 0 atom stereocenters. The number of likely N-dealkylation sites (tertiary alicyclic amines) is 1. The molecule has 0 unspecified atom stereocenters. The minimum absolute atomic E-state index is 0.0986. The van der Waals surface area contributed by atoms with Gasteiger partial charge in [0.25, 0.3) is 11.8 Å². The Balaban J connectivity index is 1.42. The van der Waals surface area contributed by atoms with Gasteiger partial charge in [0.2, 0.25) is 0 Å². The standard InChI is InChI=1S/C27H34N4O3/c1-29-18-20(8-7-15-34-3)16-24(29)26(32)28-23-11-9-21(10-12-23)22-17-25(30(2)19-22)27(33)31-13-5-4-6-14-31/h9-12,16-19H,4-8,13-15H2,1-3H3,(H,28,32). The fourth-order valence-electron chi connectivity index (χ4n) is 4.55. The second-order valence-corrected chi connectivity index (χ2v) is 9.05. The van der Waals surface area contributed by atoms with E-state index >= 15 is 0 Å². The highest BCUT2D eigenvalue weighted by molar-refractivity contribution is 6.03. The van der Waals surface area contributed by atoms with Crippen molar-refractivity contribution in [2.75, 3.05) is 32.1 Å². The number of aryl methyl sites for hydroxylation is 3. The van der Waals surface area contributed by atoms with E-state index in [4.69, 9.17) is 4.74 Å². The SMILES string of the molecule is COCCCc1cc(C(=O)Nc2ccc(-c3cc(C(=O)N4CCCCC4)n(C)c3)cc2)n(C)c1. The minimum Gasteiger partial charge on any atom is -0.385 e. The minimum atomic E-state index is -0.137. The van der Waals surface area contributed by atoms with Crippen LogP contribution in [0.3, 0.4) is 0 Å². The van der Waals surface area contributed by atoms with Gasteiger partial charge in [-0.15, -0.1) is 0 Å². The summed E-state index contributed by atoms with van der Waals surface area (Å²) in [5, 5.41) is 2.99. The van der Waals surface area contributed by atoms with Crippen molar-refractivity contribution in [3.05, 3.63) is 65.7 Å². The summed E-state index contributed by atoms with van der Waals surface area (Å²) < 4.78 is 8.87. The summed E-state index contributed by atoms with van der Waals surface area (Å²) in [7, 11) is 5.50. The van der Waals surface area contributed by atoms with Crippen molar-refractivity contribution in [2.45, 2.75) is 32.1 Å². The molecule has 0 saturated carbocycles. The van der Waals surface area contributed by atoms with Gasteiger partial charge in [0.1, 0.15) is 11.4 Å². The molecule has 1 N–H and O–H groups in total. The fraction of sp³-hybridized carbons (Fsp3) is 0.407. The highest BCUT2D eigenvalue weighted by Gasteiger charge is 2.21. The molecule has 0 bridgehead atoms. The van der Waals surface area contributed by atoms with Crippen LogP contribution in [0.2, 0.25) is 0 Å². The first-order valence-electron chi connectivity index (χ1n) is 12.0. The van der Waals surface area contributed by atoms with Crippen molar-refractivity contribution in [3.8, 4) is 11.1 Å². The molecule has 7 nitrogen and oxygen atoms in total. The summed E-state index contributed by atoms with van der Waals surface area (Å²) in [6.45, 7) is 2.38. The average Bonchev–Trinajstić information content (AvgIpc) is 3.42. The smallest absolute Gasteiger partial charge is 0.272 e. The number of benzene rings is 1. The first-order valence-corrected chi connectivity index (χ1v) is 12.0. The predicted molar refractivity (Wildman–Crippen MR) is 134 cm³/mol. The van der Waals surface area contributed by atoms with Gasteiger partial charge in [0, 0.05) is 64.5 Å². The Hall–Kier alpha value is -3.32. The van der Waals surface area contributed by atoms with Crippen LogP contribution < -0.4 is 5.32 Å². The average molecular weight is 463 g/mol. The summed E-state index contributed by atoms with van der Waals surface area (Å²) in [5.41, 5.74) is 5.18. The Morgan fingerprint density at radius 3 is 2.32 bits per heavy atom. The Bertz CT molecular complexity index is 1140. The number of aromatic nitrogens is 2. The van der Waals surface area contributed by atoms with Crippen molar-refractivity contribution >= 4 is 17.5 Å². The molecule has 0 aliphatic carbocycles. The van der Waals surface area contributed by atoms with Gasteiger partial charge in [-0.1, -0.05) is 12.1 Å². The lowest BCUT2D eigenvalue weighted by molar-refractivity contribution is 0.0714. The number of carbonyl (C=O) groups excluding carboxylic acids is 2. The third-order valence-electron chi connectivity index (χ3n) is 6.45. The maximum Gasteiger partial charge on any atom is 0.272 e. The lowest BCUT2D eigenvalue weighted by atomic mass is 10.1. The van der Waals surface area contributed by atoms with E-state index in [-0.39, 0.29) is 11.8 Å². The Morgan fingerprint density at radius 1 is 0.912 bits per heavy atom. The number of anilines is 1. The molecule has 4 rings (SSSR count). The van der Waals surface area contributed by atoms with E-state index in [1.807, 2.05) is 76.9 Å². The van der Waals surface area contributed by atoms with Crippen LogP contribution in [0, 0.1) is 0 Å². The van der Waals surface area contributed by atoms with E-state index in [0.29, 0.717) is 18.0 Å². The number of hydrogen-bond donors (Lipinski definition) is 1. The van der Waals surface area contributed by atoms with Gasteiger partial charge in [0.05, 0.1) is 0 Å². The van der Waals surface area contributed by atoms with Crippen molar-refractivity contribution in [2.24, 2.45) is 14.1 Å². The van der Waals surface area contributed by atoms with Crippen molar-refractivity contribution < 1.29 is 14.3 Å². The van der Waals surface area contributed by atoms with Crippen LogP contribution in [-0.2, 0) is 25.3 Å². The highest BCUT2D eigenvalue weighted by atomic mass is 16.5. The van der Waals surface area contributed by atoms with E-state index in [1.54, 1.807) is 7.11 Å². The lowest BCUT2D eigenvalue weighted by Crippen LogP contribution is -2.36. The molecular formula is C27H34N4O3. The Labute approximate surface area is 201 Å². The number of ether oxygens (including phenoxy) is 1. The monoisotopic (exact) mass is 462 g/mol. The molecule has 1 aromatic carbocycles. The van der Waals surface area contributed by atoms with Crippen LogP contribution in [0.4, 0.5) is 5.69 Å². The molecule has 7 heteroatoms. The van der Waals surface area contributed by atoms with Gasteiger partial charge < -0.3 is 24.1 Å². The topological polar surface area (TPSA) is 68.5 Å². The van der Waals surface area contributed by atoms with Crippen molar-refractivity contribution in [1.29, 1.82) is 0 Å². The lowest BCUT2D eigenvalue weighted by Gasteiger charge is -2.26. The number of nitrogens with one attached hydrogen (secondary N) is 1. The van der Waals surface area contributed by atoms with E-state index < -0.39 is 0 Å². The number of methoxy groups -OCH3 is 1. The Kier molecular flexibility index (Phi) is 7.53. The first-order chi connectivity index (χ1) is 16.5. The van der Waals surface area contributed by atoms with Crippen LogP contribution in [-0.4, -0.2) is 52.7 Å². The number of nitrogens with zero attached hydrogens (tertiary/aromatic N) is 3. The molecule has 2 amide bonds. The molecule has 0 radical (unpaired) electrons. The molecule has 180 valence electrons. The molecule has 3 aromatic rings. The zero-order chi connectivity index (χ0) is 24.1. The summed E-state index contributed by atoms with van der Waals surface area (Å²) in [6, 6.07) is 11.6. The molecule has 0 spiro atoms. The molecule has 1 aliphatic rings. The van der Waals surface area contributed by atoms with Crippen LogP contribution in [0.25, 0.3) is 11.1 Å². The van der Waals surface area contributed by atoms with Crippen LogP contribution in [0.15, 0.2) is 48.8 Å². The second-order valence-electron chi connectivity index (χ2n) is 9.05. The number of rotatable bonds is 8. The third-order valence-corrected chi connectivity index (χ3v) is 6.45. The van der Waals surface area contributed by atoms with E-state index in [0.717, 1.165) is 61.2 Å². The predicted octanol–water partition coefficient (Wildman–Crippen LogP) is 4.49. The fourth-order valence-corrected chi connectivity index (χ4v) is 4.55. The maximum absolute atomic E-state index is 12.9. The van der Waals surface area contributed by atoms with Gasteiger partial charge in [-0.25, -0.2) is 0 Å². The number of carbonyl (C=O) groups is 2. The van der Waals surface area contributed by atoms with Gasteiger partial charge in [0.15, 0.2) is 0 Å². The molecule has 1 fully saturated rings. The normalized spacial score (nSPS) is 13.8. The summed E-state index contributed by atoms with van der Waals surface area (Å²) in [4.78, 5) is 27.7. The van der Waals surface area contributed by atoms with Gasteiger partial charge in [-0.3, -0.25) is 9.59 Å². The summed E-state index contributed by atoms with van der Waals surface area (Å²) in [6.07, 6.45) is 9.13. The molecule has 2 aromatic heterocycles. The zero-order valence-electron chi connectivity index (χ0n) is 20.3. The first kappa shape index (κ1) is 23.8. The van der Waals surface area contributed by atoms with Gasteiger partial charge in [-0.2, -0.15) is 0 Å². The van der Waals surface area contributed by atoms with Gasteiger partial charge in [-0.05, 0) is 67.5 Å². The van der Waals surface area contributed by atoms with E-state index in [1.165, 1.54) is 6.42 Å². The van der Waals surface area contributed by atoms with Crippen LogP contribution >= 0.6 is 0 Å². The number of amides is 2. The quantitative estimate of drug-likeness (QED) is 0.502. The molecule has 1 saturated heterocycles. The molecular weight excluding hydrogens is 428 g/mol. The molecule has 3 heterocycles. The highest BCUT2D eigenvalue weighted by Crippen LogP contribution is 2.25. The van der Waals surface area contributed by atoms with Crippen molar-refractivity contribution in [3.63, 3.8) is 0 Å². The molecule has 34 heavy (non-hydrogen) atoms. The number of piperidine rings is 1. The Morgan fingerprint density at radius 2 is 1.62 bits per heavy atom. The third kappa shape index (κ3) is 5.42. The van der Waals surface area contributed by atoms with E-state index in [9.17, 15) is 9.59 Å². The largest absolute Gasteiger partial charge is 0.385 e. The van der Waals surface area contributed by atoms with E-state index in [2.05, 4.69) is 5.32 Å². The summed E-state index contributed by atoms with van der Waals surface area (Å²) >= 11 is 0.